The molecule has 0 saturated carbocycles. The van der Waals surface area contributed by atoms with E-state index in [1.165, 1.54) is 12.1 Å². The highest BCUT2D eigenvalue weighted by atomic mass is 35.5. The van der Waals surface area contributed by atoms with E-state index in [0.717, 1.165) is 47.2 Å². The summed E-state index contributed by atoms with van der Waals surface area (Å²) >= 11 is 5.66. The molecule has 0 amide bonds. The Kier molecular flexibility index (Phi) is 7.66. The minimum Gasteiger partial charge on any atom is -0.384 e. The third-order valence-corrected chi connectivity index (χ3v) is 5.08. The van der Waals surface area contributed by atoms with E-state index in [2.05, 4.69) is 34.1 Å². The Balaban J connectivity index is 1.61. The summed E-state index contributed by atoms with van der Waals surface area (Å²) in [6, 6.07) is 15.3. The van der Waals surface area contributed by atoms with Gasteiger partial charge in [0.1, 0.15) is 5.82 Å². The quantitative estimate of drug-likeness (QED) is 0.316. The van der Waals surface area contributed by atoms with Crippen LogP contribution in [-0.2, 0) is 12.6 Å². The summed E-state index contributed by atoms with van der Waals surface area (Å²) in [4.78, 5) is 4.35. The van der Waals surface area contributed by atoms with E-state index in [1.807, 2.05) is 43.3 Å². The number of nitrogens with zero attached hydrogens (tertiary/aromatic N) is 1. The van der Waals surface area contributed by atoms with Gasteiger partial charge >= 0.3 is 6.18 Å². The molecule has 3 aromatic rings. The second-order valence-corrected chi connectivity index (χ2v) is 7.76. The van der Waals surface area contributed by atoms with Gasteiger partial charge in [-0.05, 0) is 66.9 Å². The Bertz CT molecular complexity index is 1140. The number of nitrogens with one attached hydrogen (secondary N) is 3. The van der Waals surface area contributed by atoms with E-state index < -0.39 is 11.7 Å². The number of benzene rings is 2. The summed E-state index contributed by atoms with van der Waals surface area (Å²) in [5.41, 5.74) is 3.87. The standard InChI is InChI=1S/C25H24ClF3N4/c1-4-30-16(2)24-14-19(11-12-31-24)13-18-5-7-20(8-6-18)32-17(3)33-21-9-10-23(26)22(15-21)25(27,28)29/h5-12,14-15,30,32-33H,2-4,13H2,1H3. The van der Waals surface area contributed by atoms with Crippen molar-refractivity contribution in [1.29, 1.82) is 0 Å². The molecule has 3 N–H and O–H groups in total. The van der Waals surface area contributed by atoms with Gasteiger partial charge in [-0.1, -0.05) is 36.9 Å². The summed E-state index contributed by atoms with van der Waals surface area (Å²) < 4.78 is 39.1. The Labute approximate surface area is 196 Å². The van der Waals surface area contributed by atoms with Gasteiger partial charge in [-0.3, -0.25) is 4.98 Å². The van der Waals surface area contributed by atoms with Crippen molar-refractivity contribution in [3.8, 4) is 0 Å². The molecule has 0 saturated heterocycles. The van der Waals surface area contributed by atoms with Crippen molar-refractivity contribution in [3.63, 3.8) is 0 Å². The maximum atomic E-state index is 13.0. The highest BCUT2D eigenvalue weighted by molar-refractivity contribution is 6.31. The Morgan fingerprint density at radius 1 is 0.939 bits per heavy atom. The number of halogens is 4. The first-order chi connectivity index (χ1) is 15.7. The fourth-order valence-electron chi connectivity index (χ4n) is 3.19. The van der Waals surface area contributed by atoms with Crippen LogP contribution in [0, 0.1) is 0 Å². The average Bonchev–Trinajstić information content (AvgIpc) is 2.76. The van der Waals surface area contributed by atoms with E-state index in [1.54, 1.807) is 6.20 Å². The molecule has 0 bridgehead atoms. The summed E-state index contributed by atoms with van der Waals surface area (Å²) in [5, 5.41) is 8.68. The van der Waals surface area contributed by atoms with Gasteiger partial charge in [-0.25, -0.2) is 0 Å². The van der Waals surface area contributed by atoms with Crippen LogP contribution in [0.5, 0.6) is 0 Å². The van der Waals surface area contributed by atoms with Crippen LogP contribution in [0.1, 0.15) is 29.3 Å². The topological polar surface area (TPSA) is 49.0 Å². The van der Waals surface area contributed by atoms with Crippen molar-refractivity contribution in [2.24, 2.45) is 0 Å². The summed E-state index contributed by atoms with van der Waals surface area (Å²) in [6.07, 6.45) is -2.05. The fourth-order valence-corrected chi connectivity index (χ4v) is 3.42. The molecule has 1 aromatic heterocycles. The van der Waals surface area contributed by atoms with E-state index in [4.69, 9.17) is 11.6 Å². The first kappa shape index (κ1) is 24.2. The number of hydrogen-bond donors (Lipinski definition) is 3. The van der Waals surface area contributed by atoms with Crippen molar-refractivity contribution in [2.45, 2.75) is 19.5 Å². The van der Waals surface area contributed by atoms with Crippen molar-refractivity contribution in [1.82, 2.24) is 10.3 Å². The van der Waals surface area contributed by atoms with Gasteiger partial charge < -0.3 is 16.0 Å². The maximum Gasteiger partial charge on any atom is 0.417 e. The van der Waals surface area contributed by atoms with Gasteiger partial charge in [0.05, 0.1) is 22.0 Å². The molecule has 0 unspecified atom stereocenters. The third kappa shape index (κ3) is 6.76. The Hall–Kier alpha value is -3.45. The second kappa shape index (κ2) is 10.4. The predicted molar refractivity (Wildman–Crippen MR) is 129 cm³/mol. The molecule has 172 valence electrons. The Morgan fingerprint density at radius 2 is 1.61 bits per heavy atom. The van der Waals surface area contributed by atoms with Crippen molar-refractivity contribution >= 4 is 28.7 Å². The predicted octanol–water partition coefficient (Wildman–Crippen LogP) is 6.92. The fraction of sp³-hybridized carbons (Fsp3) is 0.160. The molecule has 0 radical (unpaired) electrons. The highest BCUT2D eigenvalue weighted by Gasteiger charge is 2.33. The summed E-state index contributed by atoms with van der Waals surface area (Å²) in [6.45, 7) is 10.6. The van der Waals surface area contributed by atoms with Crippen LogP contribution in [-0.4, -0.2) is 11.5 Å². The minimum absolute atomic E-state index is 0.230. The first-order valence-corrected chi connectivity index (χ1v) is 10.6. The summed E-state index contributed by atoms with van der Waals surface area (Å²) in [5.74, 6) is 0.332. The zero-order valence-corrected chi connectivity index (χ0v) is 18.8. The van der Waals surface area contributed by atoms with Crippen LogP contribution in [0.4, 0.5) is 24.5 Å². The minimum atomic E-state index is -4.53. The lowest BCUT2D eigenvalue weighted by atomic mass is 10.0. The van der Waals surface area contributed by atoms with Crippen molar-refractivity contribution < 1.29 is 13.2 Å². The molecule has 0 atom stereocenters. The van der Waals surface area contributed by atoms with Gasteiger partial charge in [0, 0.05) is 24.1 Å². The second-order valence-electron chi connectivity index (χ2n) is 7.35. The van der Waals surface area contributed by atoms with Gasteiger partial charge in [0.2, 0.25) is 0 Å². The lowest BCUT2D eigenvalue weighted by Crippen LogP contribution is -2.11. The molecule has 3 rings (SSSR count). The van der Waals surface area contributed by atoms with Crippen LogP contribution >= 0.6 is 11.6 Å². The third-order valence-electron chi connectivity index (χ3n) is 4.75. The molecule has 1 heterocycles. The molecule has 0 aliphatic heterocycles. The lowest BCUT2D eigenvalue weighted by molar-refractivity contribution is -0.137. The first-order valence-electron chi connectivity index (χ1n) is 10.2. The maximum absolute atomic E-state index is 13.0. The van der Waals surface area contributed by atoms with E-state index >= 15 is 0 Å². The molecule has 4 nitrogen and oxygen atoms in total. The smallest absolute Gasteiger partial charge is 0.384 e. The molecular formula is C25H24ClF3N4. The SMILES string of the molecule is C=C(Nc1ccc(Cc2ccnc(C(=C)NCC)c2)cc1)Nc1ccc(Cl)c(C(F)(F)F)c1. The number of alkyl halides is 3. The molecule has 2 aromatic carbocycles. The van der Waals surface area contributed by atoms with Gasteiger partial charge in [0.25, 0.3) is 0 Å². The molecule has 0 aliphatic carbocycles. The van der Waals surface area contributed by atoms with Crippen LogP contribution in [0.2, 0.25) is 5.02 Å². The molecule has 0 fully saturated rings. The van der Waals surface area contributed by atoms with Crippen LogP contribution in [0.3, 0.4) is 0 Å². The van der Waals surface area contributed by atoms with Crippen LogP contribution < -0.4 is 16.0 Å². The Morgan fingerprint density at radius 3 is 2.27 bits per heavy atom. The van der Waals surface area contributed by atoms with E-state index in [0.29, 0.717) is 5.82 Å². The molecule has 0 aliphatic rings. The number of hydrogen-bond acceptors (Lipinski definition) is 4. The number of rotatable bonds is 9. The number of aromatic nitrogens is 1. The van der Waals surface area contributed by atoms with Gasteiger partial charge in [0.15, 0.2) is 0 Å². The molecule has 0 spiro atoms. The lowest BCUT2D eigenvalue weighted by Gasteiger charge is -2.15. The largest absolute Gasteiger partial charge is 0.417 e. The zero-order valence-electron chi connectivity index (χ0n) is 18.1. The molecule has 8 heteroatoms. The average molecular weight is 473 g/mol. The van der Waals surface area contributed by atoms with E-state index in [-0.39, 0.29) is 10.7 Å². The molecular weight excluding hydrogens is 449 g/mol. The van der Waals surface area contributed by atoms with Gasteiger partial charge in [-0.15, -0.1) is 0 Å². The summed E-state index contributed by atoms with van der Waals surface area (Å²) in [7, 11) is 0. The molecule has 33 heavy (non-hydrogen) atoms. The monoisotopic (exact) mass is 472 g/mol. The van der Waals surface area contributed by atoms with Crippen LogP contribution in [0.15, 0.2) is 79.8 Å². The van der Waals surface area contributed by atoms with E-state index in [9.17, 15) is 13.2 Å². The number of pyridine rings is 1. The van der Waals surface area contributed by atoms with Crippen LogP contribution in [0.25, 0.3) is 5.70 Å². The zero-order chi connectivity index (χ0) is 24.0. The van der Waals surface area contributed by atoms with Crippen molar-refractivity contribution in [3.05, 3.63) is 107 Å². The number of anilines is 2. The van der Waals surface area contributed by atoms with Gasteiger partial charge in [-0.2, -0.15) is 13.2 Å². The van der Waals surface area contributed by atoms with Crippen molar-refractivity contribution in [2.75, 3.05) is 17.2 Å². The highest BCUT2D eigenvalue weighted by Crippen LogP contribution is 2.36. The normalized spacial score (nSPS) is 11.1.